The number of hydrogen-bond acceptors (Lipinski definition) is 2. The number of para-hydroxylation sites is 1. The summed E-state index contributed by atoms with van der Waals surface area (Å²) in [7, 11) is 2.13. The van der Waals surface area contributed by atoms with Crippen LogP contribution in [0.1, 0.15) is 0 Å². The van der Waals surface area contributed by atoms with Crippen LogP contribution in [0.25, 0.3) is 0 Å². The van der Waals surface area contributed by atoms with Crippen LogP contribution in [0.5, 0.6) is 5.75 Å². The maximum absolute atomic E-state index is 10.7. The standard InChI is InChI=1S/C8H10NO2P/c10-8(9-12)6-11-7-4-2-1-3-5-7/h1-5H,6,12H2,(H,9,10). The van der Waals surface area contributed by atoms with E-state index in [0.717, 1.165) is 0 Å². The molecule has 0 aliphatic rings. The summed E-state index contributed by atoms with van der Waals surface area (Å²) in [6.07, 6.45) is 0. The Labute approximate surface area is 73.4 Å². The molecule has 0 aromatic heterocycles. The van der Waals surface area contributed by atoms with E-state index in [-0.39, 0.29) is 12.5 Å². The highest BCUT2D eigenvalue weighted by molar-refractivity contribution is 7.15. The first kappa shape index (κ1) is 9.01. The Morgan fingerprint density at radius 2 is 2.08 bits per heavy atom. The van der Waals surface area contributed by atoms with Gasteiger partial charge in [0.05, 0.1) is 0 Å². The number of nitrogens with one attached hydrogen (secondary N) is 1. The molecule has 0 bridgehead atoms. The van der Waals surface area contributed by atoms with Crippen LogP contribution in [0.2, 0.25) is 0 Å². The van der Waals surface area contributed by atoms with E-state index in [2.05, 4.69) is 14.5 Å². The van der Waals surface area contributed by atoms with E-state index >= 15 is 0 Å². The van der Waals surface area contributed by atoms with Gasteiger partial charge in [0.25, 0.3) is 5.91 Å². The molecule has 1 rings (SSSR count). The summed E-state index contributed by atoms with van der Waals surface area (Å²) in [5.41, 5.74) is 0. The number of rotatable bonds is 3. The molecule has 0 spiro atoms. The van der Waals surface area contributed by atoms with E-state index in [9.17, 15) is 4.79 Å². The summed E-state index contributed by atoms with van der Waals surface area (Å²) < 4.78 is 5.13. The normalized spacial score (nSPS) is 9.08. The van der Waals surface area contributed by atoms with Crippen LogP contribution >= 0.6 is 9.39 Å². The number of benzene rings is 1. The lowest BCUT2D eigenvalue weighted by Gasteiger charge is -2.03. The average Bonchev–Trinajstić information content (AvgIpc) is 2.16. The molecule has 12 heavy (non-hydrogen) atoms. The lowest BCUT2D eigenvalue weighted by molar-refractivity contribution is -0.121. The highest BCUT2D eigenvalue weighted by Gasteiger charge is 1.97. The largest absolute Gasteiger partial charge is 0.484 e. The molecule has 3 nitrogen and oxygen atoms in total. The first-order valence-electron chi connectivity index (χ1n) is 3.50. The van der Waals surface area contributed by atoms with Gasteiger partial charge in [-0.15, -0.1) is 0 Å². The molecule has 0 radical (unpaired) electrons. The van der Waals surface area contributed by atoms with Gasteiger partial charge in [0.1, 0.15) is 5.75 Å². The summed E-state index contributed by atoms with van der Waals surface area (Å²) in [5, 5.41) is 2.39. The molecule has 0 aliphatic carbocycles. The smallest absolute Gasteiger partial charge is 0.260 e. The molecule has 0 fully saturated rings. The molecule has 0 saturated heterocycles. The van der Waals surface area contributed by atoms with Crippen LogP contribution in [0.4, 0.5) is 0 Å². The van der Waals surface area contributed by atoms with Crippen molar-refractivity contribution in [3.8, 4) is 5.75 Å². The van der Waals surface area contributed by atoms with E-state index in [4.69, 9.17) is 4.74 Å². The van der Waals surface area contributed by atoms with Gasteiger partial charge in [0.15, 0.2) is 6.61 Å². The highest BCUT2D eigenvalue weighted by atomic mass is 31.0. The van der Waals surface area contributed by atoms with Crippen molar-refractivity contribution < 1.29 is 9.53 Å². The molecule has 1 unspecified atom stereocenters. The fourth-order valence-corrected chi connectivity index (χ4v) is 0.791. The summed E-state index contributed by atoms with van der Waals surface area (Å²) in [5.74, 6) is 0.537. The number of hydrogen-bond donors (Lipinski definition) is 1. The molecule has 0 aliphatic heterocycles. The lowest BCUT2D eigenvalue weighted by Crippen LogP contribution is -2.20. The zero-order valence-electron chi connectivity index (χ0n) is 6.49. The maximum Gasteiger partial charge on any atom is 0.260 e. The number of ether oxygens (including phenoxy) is 1. The second-order valence-corrected chi connectivity index (χ2v) is 2.46. The van der Waals surface area contributed by atoms with Crippen LogP contribution < -0.4 is 9.82 Å². The number of carbonyl (C=O) groups is 1. The Kier molecular flexibility index (Phi) is 3.55. The minimum atomic E-state index is -0.163. The molecule has 1 amide bonds. The Hall–Kier alpha value is -1.08. The van der Waals surface area contributed by atoms with E-state index < -0.39 is 0 Å². The molecular formula is C8H10NO2P. The Bertz CT molecular complexity index is 250. The van der Waals surface area contributed by atoms with Gasteiger partial charge in [-0.2, -0.15) is 0 Å². The lowest BCUT2D eigenvalue weighted by atomic mass is 10.3. The van der Waals surface area contributed by atoms with E-state index in [1.54, 1.807) is 12.1 Å². The fraction of sp³-hybridized carbons (Fsp3) is 0.125. The van der Waals surface area contributed by atoms with Gasteiger partial charge in [-0.1, -0.05) is 18.2 Å². The van der Waals surface area contributed by atoms with Crippen molar-refractivity contribution in [2.45, 2.75) is 0 Å². The molecule has 0 saturated carbocycles. The van der Waals surface area contributed by atoms with Gasteiger partial charge in [0.2, 0.25) is 0 Å². The van der Waals surface area contributed by atoms with E-state index in [0.29, 0.717) is 5.75 Å². The Morgan fingerprint density at radius 1 is 1.42 bits per heavy atom. The Balaban J connectivity index is 2.38. The van der Waals surface area contributed by atoms with E-state index in [1.165, 1.54) is 0 Å². The van der Waals surface area contributed by atoms with Crippen LogP contribution in [0.15, 0.2) is 30.3 Å². The fourth-order valence-electron chi connectivity index (χ4n) is 0.707. The minimum Gasteiger partial charge on any atom is -0.484 e. The van der Waals surface area contributed by atoms with Gasteiger partial charge >= 0.3 is 0 Å². The van der Waals surface area contributed by atoms with Crippen molar-refractivity contribution in [2.24, 2.45) is 0 Å². The molecule has 1 aromatic rings. The molecule has 1 aromatic carbocycles. The SMILES string of the molecule is O=C(COc1ccccc1)NP. The Morgan fingerprint density at radius 3 is 2.67 bits per heavy atom. The van der Waals surface area contributed by atoms with E-state index in [1.807, 2.05) is 18.2 Å². The third-order valence-corrected chi connectivity index (χ3v) is 1.60. The van der Waals surface area contributed by atoms with Gasteiger partial charge < -0.3 is 9.82 Å². The first-order valence-corrected chi connectivity index (χ1v) is 4.08. The summed E-state index contributed by atoms with van der Waals surface area (Å²) in [6.45, 7) is 0.0491. The number of amides is 1. The third-order valence-electron chi connectivity index (χ3n) is 1.27. The maximum atomic E-state index is 10.7. The second kappa shape index (κ2) is 4.73. The van der Waals surface area contributed by atoms with Crippen molar-refractivity contribution in [3.05, 3.63) is 30.3 Å². The molecule has 0 heterocycles. The summed E-state index contributed by atoms with van der Waals surface area (Å²) >= 11 is 0. The van der Waals surface area contributed by atoms with Gasteiger partial charge in [-0.3, -0.25) is 4.79 Å². The summed E-state index contributed by atoms with van der Waals surface area (Å²) in [4.78, 5) is 10.7. The molecule has 1 N–H and O–H groups in total. The zero-order valence-corrected chi connectivity index (χ0v) is 7.64. The van der Waals surface area contributed by atoms with Crippen molar-refractivity contribution >= 4 is 15.3 Å². The second-order valence-electron chi connectivity index (χ2n) is 2.17. The van der Waals surface area contributed by atoms with Crippen LogP contribution in [0.3, 0.4) is 0 Å². The van der Waals surface area contributed by atoms with Crippen LogP contribution in [-0.2, 0) is 4.79 Å². The highest BCUT2D eigenvalue weighted by Crippen LogP contribution is 2.07. The predicted molar refractivity (Wildman–Crippen MR) is 49.8 cm³/mol. The zero-order chi connectivity index (χ0) is 8.81. The van der Waals surface area contributed by atoms with Gasteiger partial charge in [-0.05, 0) is 21.5 Å². The van der Waals surface area contributed by atoms with Crippen LogP contribution in [-0.4, -0.2) is 12.5 Å². The van der Waals surface area contributed by atoms with Crippen molar-refractivity contribution in [1.82, 2.24) is 5.09 Å². The molecule has 4 heteroatoms. The minimum absolute atomic E-state index is 0.0491. The predicted octanol–water partition coefficient (Wildman–Crippen LogP) is 0.972. The quantitative estimate of drug-likeness (QED) is 0.709. The molecule has 64 valence electrons. The number of carbonyl (C=O) groups excluding carboxylic acids is 1. The van der Waals surface area contributed by atoms with Crippen molar-refractivity contribution in [2.75, 3.05) is 6.61 Å². The van der Waals surface area contributed by atoms with Crippen LogP contribution in [0, 0.1) is 0 Å². The topological polar surface area (TPSA) is 38.3 Å². The summed E-state index contributed by atoms with van der Waals surface area (Å²) in [6, 6.07) is 9.20. The first-order chi connectivity index (χ1) is 5.83. The van der Waals surface area contributed by atoms with Gasteiger partial charge in [0, 0.05) is 0 Å². The molecule has 1 atom stereocenters. The molecular weight excluding hydrogens is 173 g/mol. The van der Waals surface area contributed by atoms with Gasteiger partial charge in [-0.25, -0.2) is 0 Å². The average molecular weight is 183 g/mol. The van der Waals surface area contributed by atoms with Crippen molar-refractivity contribution in [1.29, 1.82) is 0 Å². The van der Waals surface area contributed by atoms with Crippen molar-refractivity contribution in [3.63, 3.8) is 0 Å². The third kappa shape index (κ3) is 2.89. The monoisotopic (exact) mass is 183 g/mol.